The Bertz CT molecular complexity index is 312. The number of halogens is 1. The van der Waals surface area contributed by atoms with Crippen LogP contribution in [0.2, 0.25) is 5.15 Å². The lowest BCUT2D eigenvalue weighted by atomic mass is 10.2. The Morgan fingerprint density at radius 3 is 2.76 bits per heavy atom. The summed E-state index contributed by atoms with van der Waals surface area (Å²) in [5, 5.41) is 9.48. The van der Waals surface area contributed by atoms with Crippen LogP contribution in [0.3, 0.4) is 0 Å². The molecule has 0 aliphatic heterocycles. The number of pyridine rings is 1. The second-order valence-corrected chi connectivity index (χ2v) is 4.52. The number of hydrogen-bond acceptors (Lipinski definition) is 3. The highest BCUT2D eigenvalue weighted by Gasteiger charge is 2.08. The molecule has 0 aliphatic carbocycles. The van der Waals surface area contributed by atoms with Gasteiger partial charge in [-0.05, 0) is 25.5 Å². The van der Waals surface area contributed by atoms with E-state index in [1.165, 1.54) is 12.8 Å². The fourth-order valence-electron chi connectivity index (χ4n) is 1.72. The first-order valence-corrected chi connectivity index (χ1v) is 6.58. The Morgan fingerprint density at radius 1 is 1.35 bits per heavy atom. The van der Waals surface area contributed by atoms with E-state index in [-0.39, 0.29) is 6.61 Å². The van der Waals surface area contributed by atoms with Crippen LogP contribution in [0.4, 0.5) is 0 Å². The quantitative estimate of drug-likeness (QED) is 0.727. The molecule has 0 bridgehead atoms. The van der Waals surface area contributed by atoms with E-state index in [4.69, 9.17) is 16.7 Å². The number of hydrogen-bond donors (Lipinski definition) is 1. The zero-order chi connectivity index (χ0) is 12.5. The molecule has 3 nitrogen and oxygen atoms in total. The normalized spacial score (nSPS) is 11.1. The maximum absolute atomic E-state index is 8.90. The molecule has 0 amide bonds. The molecule has 0 unspecified atom stereocenters. The predicted molar refractivity (Wildman–Crippen MR) is 71.1 cm³/mol. The topological polar surface area (TPSA) is 36.4 Å². The van der Waals surface area contributed by atoms with Crippen LogP contribution in [0.1, 0.15) is 31.7 Å². The summed E-state index contributed by atoms with van der Waals surface area (Å²) in [5.41, 5.74) is 1.06. The number of aromatic nitrogens is 1. The molecule has 1 rings (SSSR count). The second kappa shape index (κ2) is 8.45. The van der Waals surface area contributed by atoms with Crippen molar-refractivity contribution in [3.8, 4) is 0 Å². The van der Waals surface area contributed by atoms with E-state index in [0.29, 0.717) is 5.15 Å². The Balaban J connectivity index is 2.55. The zero-order valence-corrected chi connectivity index (χ0v) is 11.2. The first-order valence-electron chi connectivity index (χ1n) is 6.20. The summed E-state index contributed by atoms with van der Waals surface area (Å²) in [6.07, 6.45) is 4.86. The molecule has 0 aliphatic rings. The Hall–Kier alpha value is -0.640. The fraction of sp³-hybridized carbons (Fsp3) is 0.615. The number of aliphatic hydroxyl groups excluding tert-OH is 1. The van der Waals surface area contributed by atoms with Crippen LogP contribution in [-0.2, 0) is 6.54 Å². The van der Waals surface area contributed by atoms with Gasteiger partial charge < -0.3 is 5.11 Å². The first-order chi connectivity index (χ1) is 8.27. The largest absolute Gasteiger partial charge is 0.396 e. The number of aliphatic hydroxyl groups is 1. The van der Waals surface area contributed by atoms with Gasteiger partial charge in [-0.15, -0.1) is 0 Å². The maximum Gasteiger partial charge on any atom is 0.133 e. The summed E-state index contributed by atoms with van der Waals surface area (Å²) in [6, 6.07) is 3.92. The van der Waals surface area contributed by atoms with E-state index in [2.05, 4.69) is 16.8 Å². The van der Waals surface area contributed by atoms with Crippen molar-refractivity contribution in [2.24, 2.45) is 0 Å². The molecule has 0 radical (unpaired) electrons. The van der Waals surface area contributed by atoms with Gasteiger partial charge in [0.15, 0.2) is 0 Å². The molecular formula is C13H21ClN2O. The third-order valence-electron chi connectivity index (χ3n) is 2.69. The van der Waals surface area contributed by atoms with E-state index >= 15 is 0 Å². The van der Waals surface area contributed by atoms with Crippen molar-refractivity contribution in [3.63, 3.8) is 0 Å². The van der Waals surface area contributed by atoms with Crippen molar-refractivity contribution in [1.82, 2.24) is 9.88 Å². The van der Waals surface area contributed by atoms with Crippen molar-refractivity contribution in [2.75, 3.05) is 19.7 Å². The Labute approximate surface area is 108 Å². The van der Waals surface area contributed by atoms with E-state index in [9.17, 15) is 0 Å². The van der Waals surface area contributed by atoms with Gasteiger partial charge in [0.25, 0.3) is 0 Å². The second-order valence-electron chi connectivity index (χ2n) is 4.16. The highest BCUT2D eigenvalue weighted by molar-refractivity contribution is 6.30. The maximum atomic E-state index is 8.90. The summed E-state index contributed by atoms with van der Waals surface area (Å²) in [6.45, 7) is 5.18. The van der Waals surface area contributed by atoms with Crippen LogP contribution in [0.5, 0.6) is 0 Å². The highest BCUT2D eigenvalue weighted by atomic mass is 35.5. The standard InChI is InChI=1S/C13H21ClN2O/c1-2-3-8-16(9-5-10-17)11-12-6-4-7-15-13(12)14/h4,6-7,17H,2-3,5,8-11H2,1H3. The molecule has 0 saturated carbocycles. The predicted octanol–water partition coefficient (Wildman–Crippen LogP) is 2.72. The van der Waals surface area contributed by atoms with Gasteiger partial charge in [0.2, 0.25) is 0 Å². The van der Waals surface area contributed by atoms with Crippen molar-refractivity contribution in [2.45, 2.75) is 32.7 Å². The highest BCUT2D eigenvalue weighted by Crippen LogP contribution is 2.14. The summed E-state index contributed by atoms with van der Waals surface area (Å²) in [7, 11) is 0. The molecule has 1 N–H and O–H groups in total. The molecule has 96 valence electrons. The fourth-order valence-corrected chi connectivity index (χ4v) is 1.90. The average molecular weight is 257 g/mol. The van der Waals surface area contributed by atoms with E-state index < -0.39 is 0 Å². The molecule has 1 heterocycles. The van der Waals surface area contributed by atoms with Gasteiger partial charge in [-0.3, -0.25) is 4.90 Å². The molecule has 0 spiro atoms. The smallest absolute Gasteiger partial charge is 0.133 e. The lowest BCUT2D eigenvalue weighted by Crippen LogP contribution is -2.26. The Kier molecular flexibility index (Phi) is 7.17. The van der Waals surface area contributed by atoms with Crippen LogP contribution in [0.15, 0.2) is 18.3 Å². The number of unbranched alkanes of at least 4 members (excludes halogenated alkanes) is 1. The summed E-state index contributed by atoms with van der Waals surface area (Å²) >= 11 is 6.05. The minimum Gasteiger partial charge on any atom is -0.396 e. The van der Waals surface area contributed by atoms with Gasteiger partial charge in [-0.2, -0.15) is 0 Å². The minimum atomic E-state index is 0.239. The number of nitrogens with zero attached hydrogens (tertiary/aromatic N) is 2. The number of rotatable bonds is 8. The van der Waals surface area contributed by atoms with Crippen LogP contribution in [0, 0.1) is 0 Å². The molecule has 0 fully saturated rings. The minimum absolute atomic E-state index is 0.239. The summed E-state index contributed by atoms with van der Waals surface area (Å²) in [5.74, 6) is 0. The van der Waals surface area contributed by atoms with Crippen LogP contribution >= 0.6 is 11.6 Å². The zero-order valence-electron chi connectivity index (χ0n) is 10.4. The van der Waals surface area contributed by atoms with Crippen molar-refractivity contribution < 1.29 is 5.11 Å². The third kappa shape index (κ3) is 5.48. The van der Waals surface area contributed by atoms with Gasteiger partial charge in [0.1, 0.15) is 5.15 Å². The molecule has 0 saturated heterocycles. The lowest BCUT2D eigenvalue weighted by Gasteiger charge is -2.22. The van der Waals surface area contributed by atoms with Gasteiger partial charge in [-0.25, -0.2) is 4.98 Å². The molecule has 17 heavy (non-hydrogen) atoms. The molecule has 0 aromatic carbocycles. The summed E-state index contributed by atoms with van der Waals surface area (Å²) in [4.78, 5) is 6.40. The van der Waals surface area contributed by atoms with E-state index in [1.54, 1.807) is 6.20 Å². The van der Waals surface area contributed by atoms with Crippen molar-refractivity contribution in [3.05, 3.63) is 29.0 Å². The van der Waals surface area contributed by atoms with Crippen LogP contribution < -0.4 is 0 Å². The molecule has 1 aromatic rings. The lowest BCUT2D eigenvalue weighted by molar-refractivity contribution is 0.216. The monoisotopic (exact) mass is 256 g/mol. The van der Waals surface area contributed by atoms with Gasteiger partial charge >= 0.3 is 0 Å². The van der Waals surface area contributed by atoms with Gasteiger partial charge in [0, 0.05) is 31.5 Å². The summed E-state index contributed by atoms with van der Waals surface area (Å²) < 4.78 is 0. The van der Waals surface area contributed by atoms with Crippen molar-refractivity contribution in [1.29, 1.82) is 0 Å². The van der Waals surface area contributed by atoms with Crippen LogP contribution in [-0.4, -0.2) is 34.7 Å². The van der Waals surface area contributed by atoms with Crippen LogP contribution in [0.25, 0.3) is 0 Å². The Morgan fingerprint density at radius 2 is 2.12 bits per heavy atom. The van der Waals surface area contributed by atoms with Gasteiger partial charge in [-0.1, -0.05) is 31.0 Å². The molecule has 0 atom stereocenters. The van der Waals surface area contributed by atoms with Gasteiger partial charge in [0.05, 0.1) is 0 Å². The third-order valence-corrected chi connectivity index (χ3v) is 3.03. The molecule has 1 aromatic heterocycles. The van der Waals surface area contributed by atoms with E-state index in [1.807, 2.05) is 12.1 Å². The SMILES string of the molecule is CCCCN(CCCO)Cc1cccnc1Cl. The van der Waals surface area contributed by atoms with Crippen molar-refractivity contribution >= 4 is 11.6 Å². The van der Waals surface area contributed by atoms with E-state index in [0.717, 1.165) is 31.6 Å². The first kappa shape index (κ1) is 14.4. The molecular weight excluding hydrogens is 236 g/mol. The molecule has 4 heteroatoms. The average Bonchev–Trinajstić information content (AvgIpc) is 2.35.